The van der Waals surface area contributed by atoms with Crippen molar-refractivity contribution in [1.82, 2.24) is 15.2 Å². The fraction of sp³-hybridized carbons (Fsp3) is 0.105. The van der Waals surface area contributed by atoms with Crippen molar-refractivity contribution in [3.8, 4) is 11.3 Å². The summed E-state index contributed by atoms with van der Waals surface area (Å²) in [6.45, 7) is 4.07. The largest absolute Gasteiger partial charge is 0.296 e. The van der Waals surface area contributed by atoms with Crippen LogP contribution in [-0.4, -0.2) is 21.1 Å². The molecule has 124 valence electrons. The third-order valence-corrected chi connectivity index (χ3v) is 4.87. The van der Waals surface area contributed by atoms with Gasteiger partial charge in [-0.05, 0) is 37.6 Å². The minimum Gasteiger partial charge on any atom is -0.296 e. The fourth-order valence-electron chi connectivity index (χ4n) is 2.56. The first-order valence-electron chi connectivity index (χ1n) is 7.89. The summed E-state index contributed by atoms with van der Waals surface area (Å²) in [5.74, 6) is -0.248. The molecule has 0 unspecified atom stereocenters. The van der Waals surface area contributed by atoms with Gasteiger partial charge in [-0.1, -0.05) is 47.2 Å². The van der Waals surface area contributed by atoms with E-state index in [9.17, 15) is 4.79 Å². The number of carbonyl (C=O) groups excluding carboxylic acids is 1. The normalized spacial score (nSPS) is 11.0. The van der Waals surface area contributed by atoms with Crippen molar-refractivity contribution in [2.75, 3.05) is 5.32 Å². The Hall–Kier alpha value is -2.99. The Morgan fingerprint density at radius 3 is 2.60 bits per heavy atom. The predicted octanol–water partition coefficient (Wildman–Crippen LogP) is 4.56. The van der Waals surface area contributed by atoms with Crippen molar-refractivity contribution in [1.29, 1.82) is 0 Å². The molecule has 0 aliphatic heterocycles. The van der Waals surface area contributed by atoms with Gasteiger partial charge in [0, 0.05) is 5.56 Å². The third-order valence-electron chi connectivity index (χ3n) is 3.93. The Bertz CT molecular complexity index is 1060. The second-order valence-electron chi connectivity index (χ2n) is 5.98. The van der Waals surface area contributed by atoms with Crippen LogP contribution < -0.4 is 5.32 Å². The molecule has 25 heavy (non-hydrogen) atoms. The highest BCUT2D eigenvalue weighted by molar-refractivity contribution is 7.22. The summed E-state index contributed by atoms with van der Waals surface area (Å²) in [4.78, 5) is 16.9. The van der Waals surface area contributed by atoms with Crippen molar-refractivity contribution in [3.05, 3.63) is 65.4 Å². The standard InChI is InChI=1S/C19H16N4OS/c1-11-3-6-13(7-4-11)15-10-16(23-22-15)18(24)21-19-20-14-8-5-12(2)9-17(14)25-19/h3-10H,1-2H3,(H,22,23)(H,20,21,24). The lowest BCUT2D eigenvalue weighted by Gasteiger charge is -1.97. The van der Waals surface area contributed by atoms with Gasteiger partial charge >= 0.3 is 0 Å². The number of amides is 1. The van der Waals surface area contributed by atoms with Gasteiger partial charge in [-0.25, -0.2) is 4.98 Å². The number of benzene rings is 2. The van der Waals surface area contributed by atoms with E-state index in [-0.39, 0.29) is 5.91 Å². The highest BCUT2D eigenvalue weighted by atomic mass is 32.1. The van der Waals surface area contributed by atoms with Crippen LogP contribution in [0.4, 0.5) is 5.13 Å². The lowest BCUT2D eigenvalue weighted by Crippen LogP contribution is -2.11. The van der Waals surface area contributed by atoms with Crippen LogP contribution >= 0.6 is 11.3 Å². The van der Waals surface area contributed by atoms with Crippen LogP contribution in [0.1, 0.15) is 21.6 Å². The average Bonchev–Trinajstić information content (AvgIpc) is 3.21. The van der Waals surface area contributed by atoms with Crippen molar-refractivity contribution < 1.29 is 4.79 Å². The maximum Gasteiger partial charge on any atom is 0.275 e. The zero-order valence-electron chi connectivity index (χ0n) is 13.8. The molecular weight excluding hydrogens is 332 g/mol. The topological polar surface area (TPSA) is 70.7 Å². The fourth-order valence-corrected chi connectivity index (χ4v) is 3.52. The van der Waals surface area contributed by atoms with Crippen LogP contribution in [0.2, 0.25) is 0 Å². The van der Waals surface area contributed by atoms with Crippen molar-refractivity contribution in [2.24, 2.45) is 0 Å². The Morgan fingerprint density at radius 1 is 1.04 bits per heavy atom. The van der Waals surface area contributed by atoms with Gasteiger partial charge < -0.3 is 0 Å². The number of H-pyrrole nitrogens is 1. The van der Waals surface area contributed by atoms with Crippen LogP contribution in [0.15, 0.2) is 48.5 Å². The quantitative estimate of drug-likeness (QED) is 0.570. The van der Waals surface area contributed by atoms with Crippen molar-refractivity contribution >= 4 is 32.6 Å². The monoisotopic (exact) mass is 348 g/mol. The number of anilines is 1. The molecule has 0 bridgehead atoms. The van der Waals surface area contributed by atoms with E-state index in [0.29, 0.717) is 10.8 Å². The van der Waals surface area contributed by atoms with E-state index in [2.05, 4.69) is 26.6 Å². The van der Waals surface area contributed by atoms with E-state index >= 15 is 0 Å². The number of nitrogens with one attached hydrogen (secondary N) is 2. The Labute approximate surface area is 148 Å². The van der Waals surface area contributed by atoms with E-state index in [1.165, 1.54) is 22.5 Å². The molecule has 2 aromatic heterocycles. The average molecular weight is 348 g/mol. The first kappa shape index (κ1) is 15.5. The lowest BCUT2D eigenvalue weighted by atomic mass is 10.1. The molecule has 0 radical (unpaired) electrons. The van der Waals surface area contributed by atoms with E-state index in [1.54, 1.807) is 6.07 Å². The maximum atomic E-state index is 12.4. The number of nitrogens with zero attached hydrogens (tertiary/aromatic N) is 2. The van der Waals surface area contributed by atoms with Crippen LogP contribution in [0.3, 0.4) is 0 Å². The number of rotatable bonds is 3. The van der Waals surface area contributed by atoms with Gasteiger partial charge in [0.1, 0.15) is 5.69 Å². The molecule has 0 aliphatic carbocycles. The van der Waals surface area contributed by atoms with E-state index in [0.717, 1.165) is 21.5 Å². The number of carbonyl (C=O) groups is 1. The molecule has 2 heterocycles. The summed E-state index contributed by atoms with van der Waals surface area (Å²) in [5, 5.41) is 10.4. The molecule has 1 amide bonds. The zero-order valence-corrected chi connectivity index (χ0v) is 14.6. The van der Waals surface area contributed by atoms with Gasteiger partial charge in [-0.15, -0.1) is 0 Å². The second kappa shape index (κ2) is 6.14. The van der Waals surface area contributed by atoms with Crippen LogP contribution in [0.5, 0.6) is 0 Å². The Morgan fingerprint density at radius 2 is 1.80 bits per heavy atom. The van der Waals surface area contributed by atoms with Gasteiger partial charge in [0.15, 0.2) is 5.13 Å². The molecule has 0 saturated heterocycles. The zero-order chi connectivity index (χ0) is 17.4. The molecule has 0 saturated carbocycles. The number of fused-ring (bicyclic) bond motifs is 1. The van der Waals surface area contributed by atoms with Crippen molar-refractivity contribution in [2.45, 2.75) is 13.8 Å². The summed E-state index contributed by atoms with van der Waals surface area (Å²) < 4.78 is 1.06. The third kappa shape index (κ3) is 3.16. The summed E-state index contributed by atoms with van der Waals surface area (Å²) >= 11 is 1.46. The summed E-state index contributed by atoms with van der Waals surface area (Å²) in [6.07, 6.45) is 0. The van der Waals surface area contributed by atoms with Gasteiger partial charge in [0.25, 0.3) is 5.91 Å². The smallest absolute Gasteiger partial charge is 0.275 e. The van der Waals surface area contributed by atoms with E-state index in [4.69, 9.17) is 0 Å². The highest BCUT2D eigenvalue weighted by Crippen LogP contribution is 2.27. The summed E-state index contributed by atoms with van der Waals surface area (Å²) in [6, 6.07) is 15.8. The number of aryl methyl sites for hydroxylation is 2. The number of aromatic amines is 1. The van der Waals surface area contributed by atoms with Gasteiger partial charge in [0.05, 0.1) is 15.9 Å². The molecular formula is C19H16N4OS. The van der Waals surface area contributed by atoms with Gasteiger partial charge in [0.2, 0.25) is 0 Å². The van der Waals surface area contributed by atoms with Gasteiger partial charge in [-0.3, -0.25) is 15.2 Å². The Balaban J connectivity index is 1.55. The molecule has 4 aromatic rings. The first-order chi connectivity index (χ1) is 12.1. The number of hydrogen-bond acceptors (Lipinski definition) is 4. The minimum atomic E-state index is -0.248. The predicted molar refractivity (Wildman–Crippen MR) is 101 cm³/mol. The molecule has 0 fully saturated rings. The van der Waals surface area contributed by atoms with Crippen LogP contribution in [-0.2, 0) is 0 Å². The summed E-state index contributed by atoms with van der Waals surface area (Å²) in [5.41, 5.74) is 5.36. The maximum absolute atomic E-state index is 12.4. The van der Waals surface area contributed by atoms with E-state index < -0.39 is 0 Å². The molecule has 0 atom stereocenters. The van der Waals surface area contributed by atoms with Crippen molar-refractivity contribution in [3.63, 3.8) is 0 Å². The van der Waals surface area contributed by atoms with Crippen LogP contribution in [0, 0.1) is 13.8 Å². The van der Waals surface area contributed by atoms with Gasteiger partial charge in [-0.2, -0.15) is 5.10 Å². The molecule has 4 rings (SSSR count). The second-order valence-corrected chi connectivity index (χ2v) is 7.01. The molecule has 0 aliphatic rings. The number of thiazole rings is 1. The first-order valence-corrected chi connectivity index (χ1v) is 8.71. The molecule has 6 heteroatoms. The Kier molecular flexibility index (Phi) is 3.82. The van der Waals surface area contributed by atoms with Crippen LogP contribution in [0.25, 0.3) is 21.5 Å². The minimum absolute atomic E-state index is 0.248. The van der Waals surface area contributed by atoms with E-state index in [1.807, 2.05) is 50.2 Å². The number of aromatic nitrogens is 3. The lowest BCUT2D eigenvalue weighted by molar-refractivity contribution is 0.102. The molecule has 5 nitrogen and oxygen atoms in total. The molecule has 0 spiro atoms. The number of hydrogen-bond donors (Lipinski definition) is 2. The summed E-state index contributed by atoms with van der Waals surface area (Å²) in [7, 11) is 0. The highest BCUT2D eigenvalue weighted by Gasteiger charge is 2.13. The molecule has 2 aromatic carbocycles. The SMILES string of the molecule is Cc1ccc(-c2cc(C(=O)Nc3nc4ccc(C)cc4s3)[nH]n2)cc1. The molecule has 2 N–H and O–H groups in total.